The smallest absolute Gasteiger partial charge is 0.207 e. The van der Waals surface area contributed by atoms with Crippen LogP contribution in [-0.4, -0.2) is 51.4 Å². The average Bonchev–Trinajstić information content (AvgIpc) is 3.36. The maximum Gasteiger partial charge on any atom is 0.207 e. The van der Waals surface area contributed by atoms with Gasteiger partial charge in [-0.1, -0.05) is 18.2 Å². The number of hydrogen-bond donors (Lipinski definition) is 1. The van der Waals surface area contributed by atoms with Gasteiger partial charge >= 0.3 is 0 Å². The lowest BCUT2D eigenvalue weighted by Crippen LogP contribution is -3.13. The molecule has 150 valence electrons. The van der Waals surface area contributed by atoms with E-state index in [0.717, 1.165) is 49.7 Å². The molecule has 0 aliphatic carbocycles. The van der Waals surface area contributed by atoms with Gasteiger partial charge in [-0.15, -0.1) is 5.10 Å². The molecule has 1 aromatic carbocycles. The summed E-state index contributed by atoms with van der Waals surface area (Å²) in [5.74, 6) is 0.482. The van der Waals surface area contributed by atoms with Crippen LogP contribution in [-0.2, 0) is 16.1 Å². The molecule has 8 heteroatoms. The summed E-state index contributed by atoms with van der Waals surface area (Å²) >= 11 is 5.85. The summed E-state index contributed by atoms with van der Waals surface area (Å²) in [7, 11) is 0. The van der Waals surface area contributed by atoms with Crippen molar-refractivity contribution >= 4 is 12.2 Å². The minimum absolute atomic E-state index is 0.351. The van der Waals surface area contributed by atoms with E-state index in [9.17, 15) is 0 Å². The number of piperidine rings is 1. The number of pyridine rings is 1. The summed E-state index contributed by atoms with van der Waals surface area (Å²) in [6, 6.07) is 14.1. The van der Waals surface area contributed by atoms with Gasteiger partial charge in [0.1, 0.15) is 0 Å². The van der Waals surface area contributed by atoms with Crippen LogP contribution in [0.2, 0.25) is 0 Å². The van der Waals surface area contributed by atoms with Gasteiger partial charge < -0.3 is 14.4 Å². The monoisotopic (exact) mass is 410 g/mol. The number of rotatable bonds is 4. The third-order valence-corrected chi connectivity index (χ3v) is 6.09. The minimum Gasteiger partial charge on any atom is -0.347 e. The van der Waals surface area contributed by atoms with Gasteiger partial charge in [-0.2, -0.15) is 4.68 Å². The third-order valence-electron chi connectivity index (χ3n) is 5.70. The number of benzene rings is 1. The second-order valence-electron chi connectivity index (χ2n) is 7.53. The Hall–Kier alpha value is -2.39. The standard InChI is InChI=1S/C21H23N5O2S/c29-20-25(16-24-12-8-21(9-13-24)27-14-15-28-21)23-19(17-6-10-22-11-7-17)26(20)18-4-2-1-3-5-18/h1-7,10-11H,8-9,12-16H2/p+1. The molecule has 0 amide bonds. The molecule has 0 unspecified atom stereocenters. The predicted molar refractivity (Wildman–Crippen MR) is 110 cm³/mol. The third kappa shape index (κ3) is 3.64. The molecular formula is C21H24N5O2S+. The van der Waals surface area contributed by atoms with Crippen LogP contribution in [0.5, 0.6) is 0 Å². The fourth-order valence-corrected chi connectivity index (χ4v) is 4.45. The van der Waals surface area contributed by atoms with Crippen molar-refractivity contribution in [2.75, 3.05) is 26.3 Å². The lowest BCUT2D eigenvalue weighted by Gasteiger charge is -2.34. The molecule has 3 aromatic rings. The van der Waals surface area contributed by atoms with E-state index in [-0.39, 0.29) is 5.79 Å². The van der Waals surface area contributed by atoms with E-state index in [1.165, 1.54) is 4.90 Å². The molecule has 2 aliphatic heterocycles. The molecule has 2 saturated heterocycles. The molecule has 0 atom stereocenters. The van der Waals surface area contributed by atoms with E-state index in [0.29, 0.717) is 18.0 Å². The minimum atomic E-state index is -0.351. The summed E-state index contributed by atoms with van der Waals surface area (Å²) < 4.78 is 16.4. The number of quaternary nitrogens is 1. The van der Waals surface area contributed by atoms with Crippen molar-refractivity contribution in [3.8, 4) is 17.1 Å². The molecule has 4 heterocycles. The summed E-state index contributed by atoms with van der Waals surface area (Å²) in [6.07, 6.45) is 5.38. The number of aromatic nitrogens is 4. The van der Waals surface area contributed by atoms with Gasteiger partial charge in [0.25, 0.3) is 0 Å². The Labute approximate surface area is 174 Å². The Bertz CT molecular complexity index is 1020. The predicted octanol–water partition coefficient (Wildman–Crippen LogP) is 1.84. The largest absolute Gasteiger partial charge is 0.347 e. The first-order valence-corrected chi connectivity index (χ1v) is 10.4. The van der Waals surface area contributed by atoms with Crippen LogP contribution < -0.4 is 4.90 Å². The first-order chi connectivity index (χ1) is 14.2. The van der Waals surface area contributed by atoms with E-state index >= 15 is 0 Å². The highest BCUT2D eigenvalue weighted by molar-refractivity contribution is 7.71. The molecule has 29 heavy (non-hydrogen) atoms. The lowest BCUT2D eigenvalue weighted by atomic mass is 10.0. The normalized spacial score (nSPS) is 19.0. The second-order valence-corrected chi connectivity index (χ2v) is 7.89. The SMILES string of the molecule is S=c1n(C[NH+]2CCC3(CC2)OCCO3)nc(-c2ccncc2)n1-c1ccccc1. The number of nitrogens with zero attached hydrogens (tertiary/aromatic N) is 4. The first kappa shape index (κ1) is 18.6. The highest BCUT2D eigenvalue weighted by atomic mass is 32.1. The van der Waals surface area contributed by atoms with Crippen molar-refractivity contribution in [3.63, 3.8) is 0 Å². The molecule has 0 saturated carbocycles. The Morgan fingerprint density at radius 1 is 1.00 bits per heavy atom. The van der Waals surface area contributed by atoms with Crippen LogP contribution in [0.1, 0.15) is 12.8 Å². The van der Waals surface area contributed by atoms with Crippen LogP contribution in [0.25, 0.3) is 17.1 Å². The van der Waals surface area contributed by atoms with Crippen LogP contribution in [0.15, 0.2) is 54.9 Å². The Kier molecular flexibility index (Phi) is 5.01. The summed E-state index contributed by atoms with van der Waals surface area (Å²) in [5, 5.41) is 4.90. The van der Waals surface area contributed by atoms with Gasteiger partial charge in [0, 0.05) is 23.6 Å². The maximum absolute atomic E-state index is 5.85. The molecule has 0 radical (unpaired) electrons. The van der Waals surface area contributed by atoms with E-state index in [1.54, 1.807) is 12.4 Å². The Balaban J connectivity index is 1.45. The van der Waals surface area contributed by atoms with Gasteiger partial charge in [-0.3, -0.25) is 9.55 Å². The highest BCUT2D eigenvalue weighted by Gasteiger charge is 2.41. The van der Waals surface area contributed by atoms with Crippen LogP contribution in [0.3, 0.4) is 0 Å². The van der Waals surface area contributed by atoms with Crippen LogP contribution >= 0.6 is 12.2 Å². The molecule has 5 rings (SSSR count). The van der Waals surface area contributed by atoms with Crippen molar-refractivity contribution in [2.24, 2.45) is 0 Å². The van der Waals surface area contributed by atoms with Gasteiger partial charge in [-0.05, 0) is 36.5 Å². The van der Waals surface area contributed by atoms with E-state index in [2.05, 4.69) is 17.1 Å². The molecule has 2 aliphatic rings. The first-order valence-electron chi connectivity index (χ1n) is 10.0. The zero-order valence-corrected chi connectivity index (χ0v) is 17.0. The average molecular weight is 411 g/mol. The zero-order valence-electron chi connectivity index (χ0n) is 16.2. The Morgan fingerprint density at radius 2 is 1.69 bits per heavy atom. The molecule has 1 spiro atoms. The zero-order chi connectivity index (χ0) is 19.7. The van der Waals surface area contributed by atoms with Gasteiger partial charge in [0.05, 0.1) is 39.1 Å². The molecule has 0 bridgehead atoms. The number of likely N-dealkylation sites (tertiary alicyclic amines) is 1. The van der Waals surface area contributed by atoms with Crippen LogP contribution in [0, 0.1) is 4.77 Å². The molecular weight excluding hydrogens is 386 g/mol. The summed E-state index contributed by atoms with van der Waals surface area (Å²) in [4.78, 5) is 5.57. The lowest BCUT2D eigenvalue weighted by molar-refractivity contribution is -0.931. The number of para-hydroxylation sites is 1. The number of nitrogens with one attached hydrogen (secondary N) is 1. The molecule has 1 N–H and O–H groups in total. The van der Waals surface area contributed by atoms with E-state index in [4.69, 9.17) is 26.8 Å². The van der Waals surface area contributed by atoms with Crippen molar-refractivity contribution in [1.82, 2.24) is 19.3 Å². The van der Waals surface area contributed by atoms with Crippen LogP contribution in [0.4, 0.5) is 0 Å². The topological polar surface area (TPSA) is 58.5 Å². The van der Waals surface area contributed by atoms with Gasteiger partial charge in [-0.25, -0.2) is 0 Å². The second kappa shape index (κ2) is 7.79. The fourth-order valence-electron chi connectivity index (χ4n) is 4.15. The maximum atomic E-state index is 5.85. The van der Waals surface area contributed by atoms with Crippen molar-refractivity contribution in [1.29, 1.82) is 0 Å². The van der Waals surface area contributed by atoms with Gasteiger partial charge in [0.2, 0.25) is 4.77 Å². The van der Waals surface area contributed by atoms with E-state index in [1.807, 2.05) is 39.6 Å². The quantitative estimate of drug-likeness (QED) is 0.666. The van der Waals surface area contributed by atoms with Gasteiger partial charge in [0.15, 0.2) is 18.3 Å². The Morgan fingerprint density at radius 3 is 2.38 bits per heavy atom. The van der Waals surface area contributed by atoms with Crippen molar-refractivity contribution in [3.05, 3.63) is 59.6 Å². The fraction of sp³-hybridized carbons (Fsp3) is 0.381. The van der Waals surface area contributed by atoms with Crippen molar-refractivity contribution < 1.29 is 14.4 Å². The molecule has 2 fully saturated rings. The molecule has 2 aromatic heterocycles. The van der Waals surface area contributed by atoms with Crippen molar-refractivity contribution in [2.45, 2.75) is 25.3 Å². The van der Waals surface area contributed by atoms with E-state index < -0.39 is 0 Å². The summed E-state index contributed by atoms with van der Waals surface area (Å²) in [5.41, 5.74) is 2.00. The summed E-state index contributed by atoms with van der Waals surface area (Å²) in [6.45, 7) is 4.09. The number of ether oxygens (including phenoxy) is 2. The molecule has 7 nitrogen and oxygen atoms in total. The highest BCUT2D eigenvalue weighted by Crippen LogP contribution is 2.27. The number of hydrogen-bond acceptors (Lipinski definition) is 5.